The second-order valence-corrected chi connectivity index (χ2v) is 6.77. The number of aryl methyl sites for hydroxylation is 1. The van der Waals surface area contributed by atoms with Crippen LogP contribution in [-0.4, -0.2) is 26.6 Å². The molecular weight excluding hydrogens is 348 g/mol. The van der Waals surface area contributed by atoms with Crippen molar-refractivity contribution in [1.82, 2.24) is 9.97 Å². The lowest BCUT2D eigenvalue weighted by atomic mass is 10.2. The number of non-ortho nitro benzene ring substituents is 1. The second kappa shape index (κ2) is 6.93. The Bertz CT molecular complexity index is 926. The molecule has 0 saturated heterocycles. The maximum absolute atomic E-state index is 12.1. The first-order valence-electron chi connectivity index (χ1n) is 6.90. The van der Waals surface area contributed by atoms with Crippen molar-refractivity contribution >= 4 is 50.6 Å². The van der Waals surface area contributed by atoms with Crippen LogP contribution in [0.2, 0.25) is 0 Å². The summed E-state index contributed by atoms with van der Waals surface area (Å²) >= 11 is 2.86. The molecule has 2 aromatic heterocycles. The van der Waals surface area contributed by atoms with Crippen molar-refractivity contribution in [2.24, 2.45) is 0 Å². The van der Waals surface area contributed by atoms with Crippen LogP contribution in [0.3, 0.4) is 0 Å². The minimum Gasteiger partial charge on any atom is -0.325 e. The number of rotatable bonds is 5. The number of hydrogen-bond acceptors (Lipinski definition) is 7. The maximum Gasteiger partial charge on any atom is 0.269 e. The fraction of sp³-hybridized carbons (Fsp3) is 0.133. The van der Waals surface area contributed by atoms with Gasteiger partial charge in [0.1, 0.15) is 16.2 Å². The third kappa shape index (κ3) is 3.52. The fourth-order valence-corrected chi connectivity index (χ4v) is 3.68. The van der Waals surface area contributed by atoms with Crippen LogP contribution in [0.25, 0.3) is 10.2 Å². The summed E-state index contributed by atoms with van der Waals surface area (Å²) in [4.78, 5) is 31.7. The van der Waals surface area contributed by atoms with Crippen LogP contribution in [0, 0.1) is 17.0 Å². The summed E-state index contributed by atoms with van der Waals surface area (Å²) in [6.07, 6.45) is 1.49. The Morgan fingerprint density at radius 2 is 2.21 bits per heavy atom. The zero-order chi connectivity index (χ0) is 17.1. The van der Waals surface area contributed by atoms with E-state index in [0.717, 1.165) is 15.2 Å². The molecule has 0 aliphatic rings. The molecule has 1 N–H and O–H groups in total. The number of hydrogen-bond donors (Lipinski definition) is 1. The molecule has 3 aromatic rings. The number of nitrogens with zero attached hydrogens (tertiary/aromatic N) is 3. The molecule has 7 nitrogen and oxygen atoms in total. The smallest absolute Gasteiger partial charge is 0.269 e. The van der Waals surface area contributed by atoms with E-state index in [9.17, 15) is 14.9 Å². The molecule has 3 rings (SSSR count). The lowest BCUT2D eigenvalue weighted by Gasteiger charge is -2.08. The average molecular weight is 360 g/mol. The molecule has 1 amide bonds. The summed E-state index contributed by atoms with van der Waals surface area (Å²) in [7, 11) is 0. The topological polar surface area (TPSA) is 98.0 Å². The number of amides is 1. The fourth-order valence-electron chi connectivity index (χ4n) is 2.10. The van der Waals surface area contributed by atoms with Crippen molar-refractivity contribution in [2.75, 3.05) is 11.1 Å². The normalized spacial score (nSPS) is 10.7. The molecule has 0 atom stereocenters. The first-order chi connectivity index (χ1) is 11.5. The Kier molecular flexibility index (Phi) is 4.72. The number of fused-ring (bicyclic) bond motifs is 1. The first kappa shape index (κ1) is 16.3. The third-order valence-electron chi connectivity index (χ3n) is 3.26. The van der Waals surface area contributed by atoms with E-state index in [0.29, 0.717) is 11.3 Å². The Labute approximate surface area is 145 Å². The number of aromatic nitrogens is 2. The monoisotopic (exact) mass is 360 g/mol. The number of anilines is 1. The molecule has 0 aliphatic heterocycles. The molecule has 0 bridgehead atoms. The minimum atomic E-state index is -0.463. The number of carbonyl (C=O) groups excluding carboxylic acids is 1. The molecule has 0 saturated carbocycles. The van der Waals surface area contributed by atoms with Gasteiger partial charge in [-0.2, -0.15) is 0 Å². The van der Waals surface area contributed by atoms with Crippen molar-refractivity contribution in [2.45, 2.75) is 11.9 Å². The van der Waals surface area contributed by atoms with Crippen molar-refractivity contribution in [1.29, 1.82) is 0 Å². The first-order valence-corrected chi connectivity index (χ1v) is 8.77. The van der Waals surface area contributed by atoms with Gasteiger partial charge in [0.25, 0.3) is 5.69 Å². The number of thiophene rings is 1. The van der Waals surface area contributed by atoms with E-state index in [1.807, 2.05) is 11.4 Å². The Morgan fingerprint density at radius 3 is 2.96 bits per heavy atom. The van der Waals surface area contributed by atoms with E-state index in [2.05, 4.69) is 15.3 Å². The quantitative estimate of drug-likeness (QED) is 0.323. The molecular formula is C15H12N4O3S2. The van der Waals surface area contributed by atoms with E-state index in [1.165, 1.54) is 47.6 Å². The summed E-state index contributed by atoms with van der Waals surface area (Å²) in [5, 5.41) is 17.1. The van der Waals surface area contributed by atoms with Crippen LogP contribution >= 0.6 is 23.1 Å². The Balaban J connectivity index is 1.66. The van der Waals surface area contributed by atoms with Crippen LogP contribution < -0.4 is 5.32 Å². The zero-order valence-electron chi connectivity index (χ0n) is 12.6. The molecule has 1 aromatic carbocycles. The lowest BCUT2D eigenvalue weighted by Crippen LogP contribution is -2.15. The van der Waals surface area contributed by atoms with Crippen molar-refractivity contribution in [3.05, 3.63) is 51.7 Å². The molecule has 0 spiro atoms. The van der Waals surface area contributed by atoms with Crippen LogP contribution in [0.5, 0.6) is 0 Å². The number of nitro benzene ring substituents is 1. The highest BCUT2D eigenvalue weighted by molar-refractivity contribution is 8.00. The summed E-state index contributed by atoms with van der Waals surface area (Å²) in [5.41, 5.74) is 1.21. The minimum absolute atomic E-state index is 0.000657. The summed E-state index contributed by atoms with van der Waals surface area (Å²) in [5.74, 6) is -0.00258. The number of benzene rings is 1. The predicted molar refractivity (Wildman–Crippen MR) is 94.6 cm³/mol. The van der Waals surface area contributed by atoms with Crippen LogP contribution in [0.15, 0.2) is 41.0 Å². The third-order valence-corrected chi connectivity index (χ3v) is 5.09. The van der Waals surface area contributed by atoms with Gasteiger partial charge in [-0.25, -0.2) is 9.97 Å². The molecule has 24 heavy (non-hydrogen) atoms. The standard InChI is InChI=1S/C15H12N4O3S2/c1-9-6-10(19(21)22)2-3-12(9)18-13(20)7-24-15-11-4-5-23-14(11)16-8-17-15/h2-6,8H,7H2,1H3,(H,18,20). The molecule has 0 radical (unpaired) electrons. The summed E-state index contributed by atoms with van der Waals surface area (Å²) < 4.78 is 0. The zero-order valence-corrected chi connectivity index (χ0v) is 14.2. The van der Waals surface area contributed by atoms with Crippen molar-refractivity contribution < 1.29 is 9.72 Å². The molecule has 0 unspecified atom stereocenters. The van der Waals surface area contributed by atoms with Crippen LogP contribution in [0.4, 0.5) is 11.4 Å². The lowest BCUT2D eigenvalue weighted by molar-refractivity contribution is -0.384. The number of nitro groups is 1. The molecule has 0 fully saturated rings. The van der Waals surface area contributed by atoms with Gasteiger partial charge in [0.15, 0.2) is 0 Å². The summed E-state index contributed by atoms with van der Waals surface area (Å²) in [6, 6.07) is 6.27. The number of nitrogens with one attached hydrogen (secondary N) is 1. The maximum atomic E-state index is 12.1. The van der Waals surface area contributed by atoms with E-state index >= 15 is 0 Å². The number of carbonyl (C=O) groups is 1. The Morgan fingerprint density at radius 1 is 1.38 bits per heavy atom. The van der Waals surface area contributed by atoms with Crippen LogP contribution in [-0.2, 0) is 4.79 Å². The van der Waals surface area contributed by atoms with Gasteiger partial charge in [-0.15, -0.1) is 11.3 Å². The largest absolute Gasteiger partial charge is 0.325 e. The number of thioether (sulfide) groups is 1. The van der Waals surface area contributed by atoms with Gasteiger partial charge in [-0.1, -0.05) is 11.8 Å². The van der Waals surface area contributed by atoms with E-state index < -0.39 is 4.92 Å². The SMILES string of the molecule is Cc1cc([N+](=O)[O-])ccc1NC(=O)CSc1ncnc2sccc12. The molecule has 122 valence electrons. The van der Waals surface area contributed by atoms with Crippen molar-refractivity contribution in [3.63, 3.8) is 0 Å². The predicted octanol–water partition coefficient (Wildman–Crippen LogP) is 3.64. The molecule has 9 heteroatoms. The highest BCUT2D eigenvalue weighted by Gasteiger charge is 2.12. The average Bonchev–Trinajstić information content (AvgIpc) is 3.03. The van der Waals surface area contributed by atoms with E-state index in [1.54, 1.807) is 6.92 Å². The van der Waals surface area contributed by atoms with Gasteiger partial charge in [0, 0.05) is 23.2 Å². The molecule has 0 aliphatic carbocycles. The van der Waals surface area contributed by atoms with Gasteiger partial charge < -0.3 is 5.32 Å². The van der Waals surface area contributed by atoms with Gasteiger partial charge in [-0.3, -0.25) is 14.9 Å². The highest BCUT2D eigenvalue weighted by atomic mass is 32.2. The second-order valence-electron chi connectivity index (χ2n) is 4.91. The molecule has 2 heterocycles. The highest BCUT2D eigenvalue weighted by Crippen LogP contribution is 2.28. The Hall–Kier alpha value is -2.52. The van der Waals surface area contributed by atoms with Crippen molar-refractivity contribution in [3.8, 4) is 0 Å². The van der Waals surface area contributed by atoms with E-state index in [4.69, 9.17) is 0 Å². The van der Waals surface area contributed by atoms with Gasteiger partial charge in [0.2, 0.25) is 5.91 Å². The van der Waals surface area contributed by atoms with Gasteiger partial charge in [-0.05, 0) is 30.0 Å². The van der Waals surface area contributed by atoms with Crippen LogP contribution in [0.1, 0.15) is 5.56 Å². The van der Waals surface area contributed by atoms with Gasteiger partial charge in [0.05, 0.1) is 10.7 Å². The van der Waals surface area contributed by atoms with Gasteiger partial charge >= 0.3 is 0 Å². The van der Waals surface area contributed by atoms with E-state index in [-0.39, 0.29) is 17.3 Å². The summed E-state index contributed by atoms with van der Waals surface area (Å²) in [6.45, 7) is 1.72.